The van der Waals surface area contributed by atoms with Crippen LogP contribution < -0.4 is 14.4 Å². The molecule has 0 amide bonds. The van der Waals surface area contributed by atoms with Crippen molar-refractivity contribution in [2.45, 2.75) is 45.9 Å². The Kier molecular flexibility index (Phi) is 8.44. The Morgan fingerprint density at radius 3 is 2.56 bits per heavy atom. The van der Waals surface area contributed by atoms with E-state index in [4.69, 9.17) is 14.2 Å². The summed E-state index contributed by atoms with van der Waals surface area (Å²) in [6.07, 6.45) is 2.55. The number of carbonyl (C=O) groups excluding carboxylic acids is 1. The molecule has 0 N–H and O–H groups in total. The molecule has 1 saturated heterocycles. The quantitative estimate of drug-likeness (QED) is 0.346. The van der Waals surface area contributed by atoms with E-state index in [1.54, 1.807) is 25.4 Å². The molecule has 7 heteroatoms. The van der Waals surface area contributed by atoms with Crippen molar-refractivity contribution in [2.24, 2.45) is 0 Å². The number of pyridine rings is 1. The average Bonchev–Trinajstić information content (AvgIpc) is 3.38. The number of esters is 1. The number of benzene rings is 2. The Hall–Kier alpha value is -3.58. The van der Waals surface area contributed by atoms with Gasteiger partial charge in [-0.05, 0) is 69.3 Å². The van der Waals surface area contributed by atoms with Crippen molar-refractivity contribution >= 4 is 11.8 Å². The molecular formula is C29H35N3O4. The Morgan fingerprint density at radius 1 is 1.08 bits per heavy atom. The minimum absolute atomic E-state index is 0.173. The van der Waals surface area contributed by atoms with Crippen LogP contribution in [0.4, 0.5) is 5.82 Å². The molecule has 1 fully saturated rings. The summed E-state index contributed by atoms with van der Waals surface area (Å²) in [5.41, 5.74) is 1.65. The SMILES string of the molecule is CCN(Cc1ccccc1Oc1ccc(OC)cc1)[C@H]1CCN(c2ncccc2C(=O)OC(C)C)C1. The second-order valence-corrected chi connectivity index (χ2v) is 9.17. The van der Waals surface area contributed by atoms with Crippen LogP contribution in [0.25, 0.3) is 0 Å². The van der Waals surface area contributed by atoms with Crippen molar-refractivity contribution in [3.8, 4) is 17.2 Å². The zero-order valence-electron chi connectivity index (χ0n) is 21.5. The fraction of sp³-hybridized carbons (Fsp3) is 0.379. The third kappa shape index (κ3) is 6.15. The Labute approximate surface area is 213 Å². The Bertz CT molecular complexity index is 1150. The number of rotatable bonds is 10. The largest absolute Gasteiger partial charge is 0.497 e. The van der Waals surface area contributed by atoms with E-state index in [1.165, 1.54) is 0 Å². The summed E-state index contributed by atoms with van der Waals surface area (Å²) < 4.78 is 16.9. The first-order valence-corrected chi connectivity index (χ1v) is 12.5. The minimum Gasteiger partial charge on any atom is -0.497 e. The van der Waals surface area contributed by atoms with Gasteiger partial charge >= 0.3 is 5.97 Å². The second kappa shape index (κ2) is 11.9. The van der Waals surface area contributed by atoms with Crippen molar-refractivity contribution in [1.82, 2.24) is 9.88 Å². The Balaban J connectivity index is 1.46. The molecule has 1 aliphatic heterocycles. The number of nitrogens with zero attached hydrogens (tertiary/aromatic N) is 3. The molecule has 4 rings (SSSR count). The monoisotopic (exact) mass is 489 g/mol. The van der Waals surface area contributed by atoms with Gasteiger partial charge in [-0.25, -0.2) is 9.78 Å². The maximum absolute atomic E-state index is 12.6. The van der Waals surface area contributed by atoms with Crippen molar-refractivity contribution in [3.63, 3.8) is 0 Å². The number of aromatic nitrogens is 1. The molecule has 1 aromatic heterocycles. The van der Waals surface area contributed by atoms with Crippen molar-refractivity contribution < 1.29 is 19.0 Å². The van der Waals surface area contributed by atoms with Gasteiger partial charge in [-0.1, -0.05) is 25.1 Å². The lowest BCUT2D eigenvalue weighted by Gasteiger charge is -2.29. The highest BCUT2D eigenvalue weighted by molar-refractivity contribution is 5.95. The number of carbonyl (C=O) groups is 1. The van der Waals surface area contributed by atoms with Crippen LogP contribution >= 0.6 is 0 Å². The van der Waals surface area contributed by atoms with Gasteiger partial charge in [-0.15, -0.1) is 0 Å². The highest BCUT2D eigenvalue weighted by Gasteiger charge is 2.30. The van der Waals surface area contributed by atoms with Gasteiger partial charge < -0.3 is 19.1 Å². The molecule has 1 aliphatic rings. The lowest BCUT2D eigenvalue weighted by Crippen LogP contribution is -2.37. The van der Waals surface area contributed by atoms with E-state index in [0.717, 1.165) is 55.4 Å². The van der Waals surface area contributed by atoms with E-state index >= 15 is 0 Å². The van der Waals surface area contributed by atoms with Gasteiger partial charge in [0.1, 0.15) is 28.6 Å². The molecule has 0 bridgehead atoms. The lowest BCUT2D eigenvalue weighted by molar-refractivity contribution is 0.0378. The van der Waals surface area contributed by atoms with Crippen LogP contribution in [0.3, 0.4) is 0 Å². The molecule has 0 unspecified atom stereocenters. The summed E-state index contributed by atoms with van der Waals surface area (Å²) in [5, 5.41) is 0. The highest BCUT2D eigenvalue weighted by Crippen LogP contribution is 2.30. The van der Waals surface area contributed by atoms with E-state index in [0.29, 0.717) is 17.4 Å². The summed E-state index contributed by atoms with van der Waals surface area (Å²) in [4.78, 5) is 21.9. The van der Waals surface area contributed by atoms with E-state index in [2.05, 4.69) is 27.8 Å². The number of hydrogen-bond acceptors (Lipinski definition) is 7. The summed E-state index contributed by atoms with van der Waals surface area (Å²) in [6, 6.07) is 19.7. The topological polar surface area (TPSA) is 64.1 Å². The predicted octanol–water partition coefficient (Wildman–Crippen LogP) is 5.55. The first kappa shape index (κ1) is 25.5. The molecule has 0 radical (unpaired) electrons. The van der Waals surface area contributed by atoms with E-state index in [9.17, 15) is 4.79 Å². The molecule has 36 heavy (non-hydrogen) atoms. The molecule has 0 aliphatic carbocycles. The number of anilines is 1. The van der Waals surface area contributed by atoms with E-state index in [-0.39, 0.29) is 12.1 Å². The van der Waals surface area contributed by atoms with Gasteiger partial charge in [0.2, 0.25) is 0 Å². The van der Waals surface area contributed by atoms with Crippen LogP contribution in [-0.4, -0.2) is 54.7 Å². The molecule has 2 aromatic carbocycles. The third-order valence-corrected chi connectivity index (χ3v) is 6.37. The number of ether oxygens (including phenoxy) is 3. The van der Waals surface area contributed by atoms with Gasteiger partial charge in [0, 0.05) is 37.4 Å². The molecule has 0 spiro atoms. The maximum Gasteiger partial charge on any atom is 0.342 e. The lowest BCUT2D eigenvalue weighted by atomic mass is 10.1. The fourth-order valence-electron chi connectivity index (χ4n) is 4.54. The van der Waals surface area contributed by atoms with Crippen LogP contribution in [0.5, 0.6) is 17.2 Å². The predicted molar refractivity (Wildman–Crippen MR) is 141 cm³/mol. The van der Waals surface area contributed by atoms with Gasteiger partial charge in [0.15, 0.2) is 0 Å². The van der Waals surface area contributed by atoms with Crippen molar-refractivity contribution in [3.05, 3.63) is 78.0 Å². The van der Waals surface area contributed by atoms with Crippen LogP contribution in [0.15, 0.2) is 66.9 Å². The van der Waals surface area contributed by atoms with Gasteiger partial charge in [0.25, 0.3) is 0 Å². The molecule has 1 atom stereocenters. The van der Waals surface area contributed by atoms with Crippen LogP contribution in [0.2, 0.25) is 0 Å². The number of methoxy groups -OCH3 is 1. The molecule has 7 nitrogen and oxygen atoms in total. The van der Waals surface area contributed by atoms with E-state index in [1.807, 2.05) is 56.3 Å². The van der Waals surface area contributed by atoms with E-state index < -0.39 is 0 Å². The van der Waals surface area contributed by atoms with Gasteiger partial charge in [0.05, 0.1) is 13.2 Å². The van der Waals surface area contributed by atoms with Crippen molar-refractivity contribution in [2.75, 3.05) is 31.6 Å². The normalized spacial score (nSPS) is 15.4. The zero-order valence-corrected chi connectivity index (χ0v) is 21.5. The molecular weight excluding hydrogens is 454 g/mol. The molecule has 190 valence electrons. The Morgan fingerprint density at radius 2 is 1.83 bits per heavy atom. The summed E-state index contributed by atoms with van der Waals surface area (Å²) in [5.74, 6) is 2.79. The molecule has 0 saturated carbocycles. The first-order valence-electron chi connectivity index (χ1n) is 12.5. The first-order chi connectivity index (χ1) is 17.5. The fourth-order valence-corrected chi connectivity index (χ4v) is 4.54. The minimum atomic E-state index is -0.325. The molecule has 3 aromatic rings. The van der Waals surface area contributed by atoms with Gasteiger partial charge in [-0.3, -0.25) is 4.90 Å². The standard InChI is InChI=1S/C29H35N3O4/c1-5-31(19-22-9-6-7-11-27(22)36-25-14-12-24(34-4)13-15-25)23-16-18-32(20-23)28-26(10-8-17-30-28)29(33)35-21(2)3/h6-15,17,21,23H,5,16,18-20H2,1-4H3/t23-/m0/s1. The van der Waals surface area contributed by atoms with Crippen LogP contribution in [0.1, 0.15) is 43.1 Å². The summed E-state index contributed by atoms with van der Waals surface area (Å²) >= 11 is 0. The number of likely N-dealkylation sites (N-methyl/N-ethyl adjacent to an activating group) is 1. The van der Waals surface area contributed by atoms with Crippen LogP contribution in [-0.2, 0) is 11.3 Å². The zero-order chi connectivity index (χ0) is 25.5. The maximum atomic E-state index is 12.6. The summed E-state index contributed by atoms with van der Waals surface area (Å²) in [6.45, 7) is 9.20. The number of para-hydroxylation sites is 1. The van der Waals surface area contributed by atoms with Gasteiger partial charge in [-0.2, -0.15) is 0 Å². The second-order valence-electron chi connectivity index (χ2n) is 9.17. The van der Waals surface area contributed by atoms with Crippen molar-refractivity contribution in [1.29, 1.82) is 0 Å². The van der Waals surface area contributed by atoms with Crippen LogP contribution in [0, 0.1) is 0 Å². The average molecular weight is 490 g/mol. The number of hydrogen-bond donors (Lipinski definition) is 0. The highest BCUT2D eigenvalue weighted by atomic mass is 16.5. The summed E-state index contributed by atoms with van der Waals surface area (Å²) in [7, 11) is 1.65. The molecule has 2 heterocycles. The third-order valence-electron chi connectivity index (χ3n) is 6.37. The smallest absolute Gasteiger partial charge is 0.342 e.